The minimum atomic E-state index is -4.87. The first kappa shape index (κ1) is 24.5. The second-order valence-corrected chi connectivity index (χ2v) is 9.17. The van der Waals surface area contributed by atoms with Gasteiger partial charge in [0.05, 0.1) is 34.9 Å². The van der Waals surface area contributed by atoms with Gasteiger partial charge in [-0.05, 0) is 66.9 Å². The molecular formula is C27H24F3N3O4. The fourth-order valence-electron chi connectivity index (χ4n) is 4.75. The number of carbonyl (C=O) groups excluding carboxylic acids is 1. The van der Waals surface area contributed by atoms with Crippen LogP contribution in [0, 0.1) is 0 Å². The lowest BCUT2D eigenvalue weighted by molar-refractivity contribution is -0.274. The number of hydrogen-bond acceptors (Lipinski definition) is 5. The van der Waals surface area contributed by atoms with Crippen LogP contribution in [-0.2, 0) is 10.3 Å². The van der Waals surface area contributed by atoms with Crippen LogP contribution in [0.4, 0.5) is 18.9 Å². The van der Waals surface area contributed by atoms with E-state index in [0.29, 0.717) is 29.6 Å². The van der Waals surface area contributed by atoms with Crippen molar-refractivity contribution in [1.29, 1.82) is 0 Å². The van der Waals surface area contributed by atoms with E-state index in [2.05, 4.69) is 4.74 Å². The molecule has 5 rings (SSSR count). The minimum Gasteiger partial charge on any atom is -0.465 e. The Bertz CT molecular complexity index is 1550. The molecule has 192 valence electrons. The zero-order valence-corrected chi connectivity index (χ0v) is 20.4. The van der Waals surface area contributed by atoms with Gasteiger partial charge < -0.3 is 14.4 Å². The van der Waals surface area contributed by atoms with Gasteiger partial charge in [0, 0.05) is 25.8 Å². The van der Waals surface area contributed by atoms with Gasteiger partial charge in [-0.1, -0.05) is 12.1 Å². The Morgan fingerprint density at radius 3 is 2.27 bits per heavy atom. The quantitative estimate of drug-likeness (QED) is 0.338. The summed E-state index contributed by atoms with van der Waals surface area (Å²) in [5.74, 6) is -0.921. The first-order chi connectivity index (χ1) is 17.5. The maximum absolute atomic E-state index is 14.0. The molecule has 0 amide bonds. The van der Waals surface area contributed by atoms with E-state index < -0.39 is 29.3 Å². The molecule has 0 spiro atoms. The van der Waals surface area contributed by atoms with Gasteiger partial charge in [-0.3, -0.25) is 9.13 Å². The molecule has 37 heavy (non-hydrogen) atoms. The van der Waals surface area contributed by atoms with Crippen molar-refractivity contribution in [2.75, 3.05) is 26.1 Å². The number of methoxy groups -OCH3 is 1. The van der Waals surface area contributed by atoms with Crippen LogP contribution in [0.25, 0.3) is 16.7 Å². The third-order valence-corrected chi connectivity index (χ3v) is 6.64. The Morgan fingerprint density at radius 2 is 1.68 bits per heavy atom. The number of esters is 1. The predicted octanol–water partition coefficient (Wildman–Crippen LogP) is 5.08. The number of rotatable bonds is 6. The summed E-state index contributed by atoms with van der Waals surface area (Å²) in [6.45, 7) is 0. The van der Waals surface area contributed by atoms with Gasteiger partial charge in [0.25, 0.3) is 0 Å². The molecule has 0 bridgehead atoms. The second-order valence-electron chi connectivity index (χ2n) is 9.17. The van der Waals surface area contributed by atoms with Crippen LogP contribution in [0.2, 0.25) is 0 Å². The van der Waals surface area contributed by atoms with Gasteiger partial charge in [0.2, 0.25) is 0 Å². The standard InChI is InChI=1S/C27H24F3N3O4/c1-31(2)19-7-9-20(10-8-19)32-23-16-21(37-27(28,29)30)11-12-22(23)33(25(32)35)26(13-14-26)18-6-4-5-17(15-18)24(34)36-3/h4-12,15-16H,13-14H2,1-3H3. The molecule has 10 heteroatoms. The minimum absolute atomic E-state index is 0.278. The summed E-state index contributed by atoms with van der Waals surface area (Å²) in [7, 11) is 5.06. The Morgan fingerprint density at radius 1 is 0.973 bits per heavy atom. The normalized spacial score (nSPS) is 14.4. The van der Waals surface area contributed by atoms with Crippen molar-refractivity contribution in [3.63, 3.8) is 0 Å². The molecular weight excluding hydrogens is 487 g/mol. The molecule has 4 aromatic rings. The van der Waals surface area contributed by atoms with E-state index in [4.69, 9.17) is 4.74 Å². The first-order valence-electron chi connectivity index (χ1n) is 11.5. The third-order valence-electron chi connectivity index (χ3n) is 6.64. The maximum Gasteiger partial charge on any atom is 0.573 e. The molecule has 1 saturated carbocycles. The Labute approximate surface area is 210 Å². The van der Waals surface area contributed by atoms with E-state index in [0.717, 1.165) is 11.3 Å². The molecule has 0 atom stereocenters. The smallest absolute Gasteiger partial charge is 0.465 e. The topological polar surface area (TPSA) is 65.7 Å². The molecule has 0 radical (unpaired) electrons. The average molecular weight is 512 g/mol. The Kier molecular flexibility index (Phi) is 5.77. The van der Waals surface area contributed by atoms with Crippen molar-refractivity contribution in [2.45, 2.75) is 24.7 Å². The van der Waals surface area contributed by atoms with E-state index in [1.54, 1.807) is 34.9 Å². The van der Waals surface area contributed by atoms with Crippen molar-refractivity contribution >= 4 is 22.7 Å². The number of alkyl halides is 3. The highest BCUT2D eigenvalue weighted by molar-refractivity contribution is 5.89. The molecule has 1 fully saturated rings. The molecule has 0 N–H and O–H groups in total. The van der Waals surface area contributed by atoms with E-state index in [-0.39, 0.29) is 5.52 Å². The summed E-state index contributed by atoms with van der Waals surface area (Å²) in [6, 6.07) is 17.9. The fourth-order valence-corrected chi connectivity index (χ4v) is 4.75. The molecule has 0 unspecified atom stereocenters. The molecule has 7 nitrogen and oxygen atoms in total. The molecule has 1 aliphatic carbocycles. The van der Waals surface area contributed by atoms with Gasteiger partial charge in [-0.15, -0.1) is 13.2 Å². The fraction of sp³-hybridized carbons (Fsp3) is 0.259. The summed E-state index contributed by atoms with van der Waals surface area (Å²) in [6.07, 6.45) is -3.63. The zero-order valence-electron chi connectivity index (χ0n) is 20.4. The van der Waals surface area contributed by atoms with E-state index >= 15 is 0 Å². The van der Waals surface area contributed by atoms with Crippen molar-refractivity contribution < 1.29 is 27.4 Å². The summed E-state index contributed by atoms with van der Waals surface area (Å²) in [5.41, 5.74) is 2.08. The van der Waals surface area contributed by atoms with Crippen LogP contribution < -0.4 is 15.3 Å². The Hall–Kier alpha value is -4.21. The van der Waals surface area contributed by atoms with Crippen molar-refractivity contribution in [3.05, 3.63) is 88.3 Å². The van der Waals surface area contributed by atoms with Crippen LogP contribution in [0.1, 0.15) is 28.8 Å². The molecule has 1 aliphatic rings. The predicted molar refractivity (Wildman–Crippen MR) is 133 cm³/mol. The van der Waals surface area contributed by atoms with Crippen LogP contribution in [0.3, 0.4) is 0 Å². The van der Waals surface area contributed by atoms with Gasteiger partial charge in [-0.2, -0.15) is 0 Å². The first-order valence-corrected chi connectivity index (χ1v) is 11.5. The van der Waals surface area contributed by atoms with E-state index in [9.17, 15) is 22.8 Å². The van der Waals surface area contributed by atoms with Crippen LogP contribution in [0.5, 0.6) is 5.75 Å². The van der Waals surface area contributed by atoms with Crippen LogP contribution in [0.15, 0.2) is 71.5 Å². The van der Waals surface area contributed by atoms with Crippen LogP contribution in [-0.4, -0.2) is 42.7 Å². The molecule has 1 heterocycles. The lowest BCUT2D eigenvalue weighted by atomic mass is 10.0. The highest BCUT2D eigenvalue weighted by Crippen LogP contribution is 2.50. The zero-order chi connectivity index (χ0) is 26.5. The molecule has 0 saturated heterocycles. The van der Waals surface area contributed by atoms with Gasteiger partial charge >= 0.3 is 18.0 Å². The monoisotopic (exact) mass is 511 g/mol. The van der Waals surface area contributed by atoms with Gasteiger partial charge in [0.1, 0.15) is 5.75 Å². The lowest BCUT2D eigenvalue weighted by Gasteiger charge is -2.19. The number of fused-ring (bicyclic) bond motifs is 1. The van der Waals surface area contributed by atoms with Crippen molar-refractivity contribution in [1.82, 2.24) is 9.13 Å². The summed E-state index contributed by atoms with van der Waals surface area (Å²) in [5, 5.41) is 0. The number of carbonyl (C=O) groups is 1. The SMILES string of the molecule is COC(=O)c1cccc(C2(n3c(=O)n(-c4ccc(N(C)C)cc4)c4cc(OC(F)(F)F)ccc43)CC2)c1. The maximum atomic E-state index is 14.0. The highest BCUT2D eigenvalue weighted by atomic mass is 19.4. The number of benzene rings is 3. The highest BCUT2D eigenvalue weighted by Gasteiger charge is 2.49. The summed E-state index contributed by atoms with van der Waals surface area (Å²) in [4.78, 5) is 28.0. The number of aromatic nitrogens is 2. The summed E-state index contributed by atoms with van der Waals surface area (Å²) < 4.78 is 51.0. The number of hydrogen-bond donors (Lipinski definition) is 0. The number of anilines is 1. The second kappa shape index (κ2) is 8.72. The molecule has 3 aromatic carbocycles. The van der Waals surface area contributed by atoms with Crippen molar-refractivity contribution in [2.24, 2.45) is 0 Å². The van der Waals surface area contributed by atoms with Gasteiger partial charge in [0.15, 0.2) is 0 Å². The van der Waals surface area contributed by atoms with E-state index in [1.165, 1.54) is 29.9 Å². The molecule has 0 aliphatic heterocycles. The number of imidazole rings is 1. The lowest BCUT2D eigenvalue weighted by Crippen LogP contribution is -2.32. The number of nitrogens with zero attached hydrogens (tertiary/aromatic N) is 3. The van der Waals surface area contributed by atoms with Crippen LogP contribution >= 0.6 is 0 Å². The summed E-state index contributed by atoms with van der Waals surface area (Å²) >= 11 is 0. The molecule has 1 aromatic heterocycles. The third kappa shape index (κ3) is 4.32. The number of halogens is 3. The largest absolute Gasteiger partial charge is 0.573 e. The number of ether oxygens (including phenoxy) is 2. The average Bonchev–Trinajstić information content (AvgIpc) is 3.60. The van der Waals surface area contributed by atoms with Gasteiger partial charge in [-0.25, -0.2) is 9.59 Å². The van der Waals surface area contributed by atoms with Crippen molar-refractivity contribution in [3.8, 4) is 11.4 Å². The van der Waals surface area contributed by atoms with E-state index in [1.807, 2.05) is 37.2 Å². The Balaban J connectivity index is 1.73.